The molecular formula is C14H26N2OP2S6. The summed E-state index contributed by atoms with van der Waals surface area (Å²) in [6.45, 7) is 0. The topological polar surface area (TPSA) is 69.1 Å². The Morgan fingerprint density at radius 1 is 0.920 bits per heavy atom. The summed E-state index contributed by atoms with van der Waals surface area (Å²) in [5, 5.41) is 0. The Bertz CT molecular complexity index is 518. The molecule has 144 valence electrons. The van der Waals surface area contributed by atoms with Gasteiger partial charge < -0.3 is 11.5 Å². The molecule has 25 heavy (non-hydrogen) atoms. The summed E-state index contributed by atoms with van der Waals surface area (Å²) < 4.78 is 0. The SMILES string of the molecule is NC(=O)C1CCCCC1.NC(=S)C1CCCCC1.S=PP=S=S=S=S. The first-order valence-electron chi connectivity index (χ1n) is 8.26. The van der Waals surface area contributed by atoms with Crippen molar-refractivity contribution in [1.29, 1.82) is 0 Å². The monoisotopic (exact) mass is 492 g/mol. The number of thiocarbonyl (C=S) groups is 1. The summed E-state index contributed by atoms with van der Waals surface area (Å²) in [6.07, 6.45) is 12.2. The Balaban J connectivity index is 0.000000350. The summed E-state index contributed by atoms with van der Waals surface area (Å²) in [7, 11) is 6.83. The Morgan fingerprint density at radius 3 is 1.68 bits per heavy atom. The van der Waals surface area contributed by atoms with Crippen molar-refractivity contribution in [3.63, 3.8) is 0 Å². The molecule has 11 heteroatoms. The molecule has 2 rings (SSSR count). The lowest BCUT2D eigenvalue weighted by Gasteiger charge is -2.19. The molecule has 4 N–H and O–H groups in total. The van der Waals surface area contributed by atoms with Gasteiger partial charge in [0.05, 0.1) is 4.99 Å². The highest BCUT2D eigenvalue weighted by Gasteiger charge is 2.17. The molecule has 0 unspecified atom stereocenters. The highest BCUT2D eigenvalue weighted by atomic mass is 33.3. The number of nitrogens with two attached hydrogens (primary N) is 2. The standard InChI is InChI=1S/C7H13NO.C7H13NS.P2S5/c2*8-7(9)6-4-2-1-3-5-6;3-1-2-5-7-6-4/h2*6H,1-5H2,(H2,8,9);. The van der Waals surface area contributed by atoms with Crippen molar-refractivity contribution in [1.82, 2.24) is 0 Å². The van der Waals surface area contributed by atoms with Gasteiger partial charge in [-0.15, -0.1) is 0 Å². The number of rotatable bonds is 3. The second-order valence-corrected chi connectivity index (χ2v) is 16.0. The van der Waals surface area contributed by atoms with Gasteiger partial charge >= 0.3 is 0 Å². The minimum absolute atomic E-state index is 0.102. The zero-order valence-corrected chi connectivity index (χ0v) is 20.8. The molecule has 0 aromatic carbocycles. The molecule has 0 atom stereocenters. The van der Waals surface area contributed by atoms with E-state index >= 15 is 0 Å². The van der Waals surface area contributed by atoms with Crippen LogP contribution in [-0.4, -0.2) is 10.9 Å². The predicted molar refractivity (Wildman–Crippen MR) is 130 cm³/mol. The van der Waals surface area contributed by atoms with Crippen LogP contribution in [0.15, 0.2) is 0 Å². The molecule has 0 spiro atoms. The Kier molecular flexibility index (Phi) is 19.2. The molecule has 0 aromatic heterocycles. The van der Waals surface area contributed by atoms with Gasteiger partial charge in [0.1, 0.15) is 0 Å². The van der Waals surface area contributed by atoms with Gasteiger partial charge in [0, 0.05) is 25.9 Å². The molecule has 2 aliphatic rings. The molecule has 1 amide bonds. The van der Waals surface area contributed by atoms with E-state index in [1.54, 1.807) is 18.4 Å². The van der Waals surface area contributed by atoms with Crippen LogP contribution >= 0.6 is 26.3 Å². The van der Waals surface area contributed by atoms with Crippen LogP contribution in [0.3, 0.4) is 0 Å². The summed E-state index contributed by atoms with van der Waals surface area (Å²) in [5.41, 5.74) is 10.6. The van der Waals surface area contributed by atoms with E-state index in [9.17, 15) is 4.79 Å². The van der Waals surface area contributed by atoms with Crippen LogP contribution < -0.4 is 11.5 Å². The fourth-order valence-electron chi connectivity index (χ4n) is 2.81. The lowest BCUT2D eigenvalue weighted by molar-refractivity contribution is -0.122. The highest BCUT2D eigenvalue weighted by Crippen LogP contribution is 2.23. The molecule has 0 aliphatic heterocycles. The Labute approximate surface area is 178 Å². The quantitative estimate of drug-likeness (QED) is 0.445. The van der Waals surface area contributed by atoms with E-state index in [0.29, 0.717) is 5.92 Å². The maximum Gasteiger partial charge on any atom is 0.220 e. The van der Waals surface area contributed by atoms with E-state index < -0.39 is 0 Å². The highest BCUT2D eigenvalue weighted by molar-refractivity contribution is 8.63. The van der Waals surface area contributed by atoms with E-state index in [1.165, 1.54) is 67.3 Å². The van der Waals surface area contributed by atoms with E-state index in [1.807, 2.05) is 0 Å². The molecule has 2 aliphatic carbocycles. The van der Waals surface area contributed by atoms with Crippen molar-refractivity contribution in [2.75, 3.05) is 0 Å². The molecule has 0 radical (unpaired) electrons. The lowest BCUT2D eigenvalue weighted by Crippen LogP contribution is -2.24. The fraction of sp³-hybridized carbons (Fsp3) is 0.857. The predicted octanol–water partition coefficient (Wildman–Crippen LogP) is 4.62. The number of hydrogen-bond donors (Lipinski definition) is 2. The van der Waals surface area contributed by atoms with Gasteiger partial charge in [0.25, 0.3) is 0 Å². The number of amides is 1. The maximum atomic E-state index is 10.6. The van der Waals surface area contributed by atoms with E-state index in [4.69, 9.17) is 23.7 Å². The third-order valence-corrected chi connectivity index (χ3v) is 14.5. The molecule has 2 saturated carbocycles. The van der Waals surface area contributed by atoms with Gasteiger partial charge in [0.2, 0.25) is 5.91 Å². The number of carbonyl (C=O) groups is 1. The third kappa shape index (κ3) is 15.8. The van der Waals surface area contributed by atoms with Gasteiger partial charge in [-0.2, -0.15) is 0 Å². The number of carbonyl (C=O) groups excluding carboxylic acids is 1. The summed E-state index contributed by atoms with van der Waals surface area (Å²) >= 11 is 14.1. The summed E-state index contributed by atoms with van der Waals surface area (Å²) in [6, 6.07) is 0. The first-order chi connectivity index (χ1) is 12.0. The fourth-order valence-corrected chi connectivity index (χ4v) is 12.6. The average Bonchev–Trinajstić information content (AvgIpc) is 2.65. The van der Waals surface area contributed by atoms with Crippen molar-refractivity contribution < 1.29 is 4.79 Å². The number of hydrogen-bond acceptors (Lipinski definition) is 4. The van der Waals surface area contributed by atoms with Crippen LogP contribution in [0.5, 0.6) is 0 Å². The first-order valence-corrected chi connectivity index (χ1v) is 17.2. The minimum Gasteiger partial charge on any atom is -0.393 e. The lowest BCUT2D eigenvalue weighted by atomic mass is 9.89. The van der Waals surface area contributed by atoms with Crippen LogP contribution in [0.4, 0.5) is 0 Å². The Hall–Kier alpha value is 1.06. The maximum absolute atomic E-state index is 10.6. The number of primary amides is 1. The molecule has 3 nitrogen and oxygen atoms in total. The summed E-state index contributed by atoms with van der Waals surface area (Å²) in [5.74, 6) is 0.655. The summed E-state index contributed by atoms with van der Waals surface area (Å²) in [4.78, 5) is 11.3. The Morgan fingerprint density at radius 2 is 1.40 bits per heavy atom. The van der Waals surface area contributed by atoms with E-state index in [2.05, 4.69) is 23.0 Å². The van der Waals surface area contributed by atoms with Gasteiger partial charge in [-0.3, -0.25) is 4.79 Å². The zero-order valence-electron chi connectivity index (χ0n) is 14.1. The normalized spacial score (nSPS) is 18.1. The molecule has 0 bridgehead atoms. The van der Waals surface area contributed by atoms with Gasteiger partial charge in [-0.05, 0) is 75.9 Å². The zero-order chi connectivity index (χ0) is 18.9. The van der Waals surface area contributed by atoms with E-state index in [-0.39, 0.29) is 11.8 Å². The van der Waals surface area contributed by atoms with Crippen LogP contribution in [0.1, 0.15) is 64.2 Å². The van der Waals surface area contributed by atoms with Crippen LogP contribution in [0.2, 0.25) is 0 Å². The van der Waals surface area contributed by atoms with Gasteiger partial charge in [-0.1, -0.05) is 50.7 Å². The second-order valence-electron chi connectivity index (χ2n) is 5.85. The van der Waals surface area contributed by atoms with Crippen molar-refractivity contribution in [2.45, 2.75) is 64.2 Å². The molecule has 0 aromatic rings. The molecule has 2 fully saturated rings. The average molecular weight is 493 g/mol. The molecule has 0 saturated heterocycles. The molecule has 0 heterocycles. The van der Waals surface area contributed by atoms with Crippen molar-refractivity contribution in [3.8, 4) is 0 Å². The first kappa shape index (κ1) is 26.1. The van der Waals surface area contributed by atoms with Crippen LogP contribution in [-0.2, 0) is 55.0 Å². The van der Waals surface area contributed by atoms with Crippen molar-refractivity contribution in [3.05, 3.63) is 0 Å². The minimum atomic E-state index is -0.102. The van der Waals surface area contributed by atoms with Gasteiger partial charge in [0.15, 0.2) is 0 Å². The second kappa shape index (κ2) is 18.4. The van der Waals surface area contributed by atoms with Gasteiger partial charge in [-0.25, -0.2) is 0 Å². The van der Waals surface area contributed by atoms with Crippen molar-refractivity contribution >= 4 is 87.5 Å². The van der Waals surface area contributed by atoms with Crippen LogP contribution in [0, 0.1) is 11.8 Å². The van der Waals surface area contributed by atoms with E-state index in [0.717, 1.165) is 24.9 Å². The molecular weight excluding hydrogens is 467 g/mol. The van der Waals surface area contributed by atoms with Crippen molar-refractivity contribution in [2.24, 2.45) is 23.3 Å². The largest absolute Gasteiger partial charge is 0.393 e. The smallest absolute Gasteiger partial charge is 0.220 e. The third-order valence-electron chi connectivity index (χ3n) is 4.14. The van der Waals surface area contributed by atoms with Crippen LogP contribution in [0.25, 0.3) is 0 Å².